The van der Waals surface area contributed by atoms with Gasteiger partial charge in [0.15, 0.2) is 11.5 Å². The molecule has 0 saturated heterocycles. The lowest BCUT2D eigenvalue weighted by molar-refractivity contribution is -0.117. The second-order valence-corrected chi connectivity index (χ2v) is 7.80. The van der Waals surface area contributed by atoms with Crippen molar-refractivity contribution >= 4 is 39.7 Å². The summed E-state index contributed by atoms with van der Waals surface area (Å²) in [4.78, 5) is 11.7. The summed E-state index contributed by atoms with van der Waals surface area (Å²) in [5.41, 5.74) is 6.38. The van der Waals surface area contributed by atoms with Crippen LogP contribution in [0.15, 0.2) is 47.4 Å². The van der Waals surface area contributed by atoms with Crippen molar-refractivity contribution in [3.8, 4) is 11.5 Å². The molecule has 0 spiro atoms. The molecule has 0 aliphatic carbocycles. The number of sulfonamides is 1. The summed E-state index contributed by atoms with van der Waals surface area (Å²) in [6, 6.07) is 10.1. The van der Waals surface area contributed by atoms with Crippen molar-refractivity contribution in [1.82, 2.24) is 0 Å². The number of carbonyl (C=O) groups is 1. The number of hydrogen-bond donors (Lipinski definition) is 3. The van der Waals surface area contributed by atoms with Gasteiger partial charge >= 0.3 is 0 Å². The van der Waals surface area contributed by atoms with Crippen molar-refractivity contribution < 1.29 is 22.7 Å². The van der Waals surface area contributed by atoms with Gasteiger partial charge in [-0.15, -0.1) is 12.4 Å². The minimum Gasteiger partial charge on any atom is -0.490 e. The first-order chi connectivity index (χ1) is 12.8. The predicted octanol–water partition coefficient (Wildman–Crippen LogP) is 2.36. The fourth-order valence-electron chi connectivity index (χ4n) is 2.40. The van der Waals surface area contributed by atoms with Gasteiger partial charge in [0.25, 0.3) is 10.0 Å². The van der Waals surface area contributed by atoms with Crippen LogP contribution in [-0.4, -0.2) is 33.6 Å². The molecule has 1 heterocycles. The van der Waals surface area contributed by atoms with Crippen LogP contribution in [-0.2, 0) is 14.8 Å². The molecule has 0 aromatic heterocycles. The van der Waals surface area contributed by atoms with E-state index in [-0.39, 0.29) is 23.2 Å². The molecule has 1 aliphatic rings. The molecular weight excluding hydrogens is 406 g/mol. The Kier molecular flexibility index (Phi) is 7.11. The van der Waals surface area contributed by atoms with Crippen LogP contribution in [0.1, 0.15) is 13.3 Å². The van der Waals surface area contributed by atoms with Gasteiger partial charge in [-0.05, 0) is 43.3 Å². The van der Waals surface area contributed by atoms with Crippen LogP contribution in [0, 0.1) is 0 Å². The first-order valence-electron chi connectivity index (χ1n) is 8.44. The topological polar surface area (TPSA) is 120 Å². The molecule has 0 saturated carbocycles. The van der Waals surface area contributed by atoms with Crippen LogP contribution < -0.4 is 25.2 Å². The normalized spacial score (nSPS) is 14.2. The van der Waals surface area contributed by atoms with Gasteiger partial charge in [0.2, 0.25) is 5.91 Å². The number of benzene rings is 2. The van der Waals surface area contributed by atoms with Gasteiger partial charge < -0.3 is 20.5 Å². The molecule has 2 aromatic rings. The van der Waals surface area contributed by atoms with Crippen molar-refractivity contribution in [3.05, 3.63) is 42.5 Å². The molecule has 4 N–H and O–H groups in total. The van der Waals surface area contributed by atoms with Gasteiger partial charge in [0, 0.05) is 23.9 Å². The van der Waals surface area contributed by atoms with Crippen molar-refractivity contribution in [2.75, 3.05) is 23.3 Å². The Bertz CT molecular complexity index is 933. The second kappa shape index (κ2) is 9.13. The largest absolute Gasteiger partial charge is 0.490 e. The number of hydrogen-bond acceptors (Lipinski definition) is 6. The maximum atomic E-state index is 12.6. The number of anilines is 2. The van der Waals surface area contributed by atoms with Gasteiger partial charge in [0.05, 0.1) is 24.2 Å². The fraction of sp³-hybridized carbons (Fsp3) is 0.278. The van der Waals surface area contributed by atoms with E-state index in [4.69, 9.17) is 15.2 Å². The minimum atomic E-state index is -3.80. The summed E-state index contributed by atoms with van der Waals surface area (Å²) in [5.74, 6) is 0.612. The Hall–Kier alpha value is -2.49. The Balaban J connectivity index is 0.00000280. The average Bonchev–Trinajstić information content (AvgIpc) is 2.87. The zero-order chi connectivity index (χ0) is 19.4. The quantitative estimate of drug-likeness (QED) is 0.673. The number of ether oxygens (including phenoxy) is 2. The van der Waals surface area contributed by atoms with Gasteiger partial charge in [-0.25, -0.2) is 8.42 Å². The number of nitrogens with two attached hydrogens (primary N) is 1. The van der Waals surface area contributed by atoms with Crippen molar-refractivity contribution in [3.63, 3.8) is 0 Å². The zero-order valence-electron chi connectivity index (χ0n) is 15.2. The molecular formula is C18H22ClN3O5S. The lowest BCUT2D eigenvalue weighted by Gasteiger charge is -2.12. The Labute approximate surface area is 169 Å². The van der Waals surface area contributed by atoms with Crippen molar-refractivity contribution in [2.45, 2.75) is 24.3 Å². The first-order valence-corrected chi connectivity index (χ1v) is 9.92. The van der Waals surface area contributed by atoms with Crippen LogP contribution in [0.25, 0.3) is 0 Å². The summed E-state index contributed by atoms with van der Waals surface area (Å²) in [5, 5.41) is 2.63. The monoisotopic (exact) mass is 427 g/mol. The van der Waals surface area contributed by atoms with Gasteiger partial charge in [-0.1, -0.05) is 0 Å². The molecule has 152 valence electrons. The highest BCUT2D eigenvalue weighted by molar-refractivity contribution is 7.92. The third-order valence-electron chi connectivity index (χ3n) is 3.85. The lowest BCUT2D eigenvalue weighted by Crippen LogP contribution is -2.32. The molecule has 0 fully saturated rings. The summed E-state index contributed by atoms with van der Waals surface area (Å²) in [6.45, 7) is 2.58. The smallest absolute Gasteiger partial charge is 0.262 e. The molecule has 28 heavy (non-hydrogen) atoms. The molecule has 1 amide bonds. The zero-order valence-corrected chi connectivity index (χ0v) is 16.8. The summed E-state index contributed by atoms with van der Waals surface area (Å²) in [6.07, 6.45) is 0.737. The maximum Gasteiger partial charge on any atom is 0.262 e. The van der Waals surface area contributed by atoms with Crippen LogP contribution in [0.5, 0.6) is 11.5 Å². The predicted molar refractivity (Wildman–Crippen MR) is 109 cm³/mol. The average molecular weight is 428 g/mol. The van der Waals surface area contributed by atoms with E-state index >= 15 is 0 Å². The van der Waals surface area contributed by atoms with E-state index in [0.717, 1.165) is 6.42 Å². The molecule has 0 bridgehead atoms. The highest BCUT2D eigenvalue weighted by Gasteiger charge is 2.19. The molecule has 3 rings (SSSR count). The van der Waals surface area contributed by atoms with E-state index in [1.54, 1.807) is 37.3 Å². The molecule has 8 nitrogen and oxygen atoms in total. The third-order valence-corrected chi connectivity index (χ3v) is 5.23. The van der Waals surface area contributed by atoms with Crippen molar-refractivity contribution in [2.24, 2.45) is 5.73 Å². The van der Waals surface area contributed by atoms with Gasteiger partial charge in [-0.3, -0.25) is 9.52 Å². The first kappa shape index (κ1) is 21.8. The third kappa shape index (κ3) is 5.28. The number of nitrogens with one attached hydrogen (secondary N) is 2. The lowest BCUT2D eigenvalue weighted by atomic mass is 10.2. The summed E-state index contributed by atoms with van der Waals surface area (Å²) >= 11 is 0. The van der Waals surface area contributed by atoms with E-state index in [1.807, 2.05) is 0 Å². The number of amides is 1. The Morgan fingerprint density at radius 1 is 1.04 bits per heavy atom. The SMILES string of the molecule is CC(N)C(=O)Nc1ccc(NS(=O)(=O)c2ccc3c(c2)OCCCO3)cc1.Cl. The molecule has 2 aromatic carbocycles. The summed E-state index contributed by atoms with van der Waals surface area (Å²) < 4.78 is 38.8. The van der Waals surface area contributed by atoms with E-state index in [1.165, 1.54) is 12.1 Å². The van der Waals surface area contributed by atoms with E-state index in [0.29, 0.717) is 36.1 Å². The number of halogens is 1. The Morgan fingerprint density at radius 3 is 2.29 bits per heavy atom. The maximum absolute atomic E-state index is 12.6. The molecule has 1 atom stereocenters. The highest BCUT2D eigenvalue weighted by atomic mass is 35.5. The van der Waals surface area contributed by atoms with E-state index in [2.05, 4.69) is 10.0 Å². The summed E-state index contributed by atoms with van der Waals surface area (Å²) in [7, 11) is -3.80. The number of fused-ring (bicyclic) bond motifs is 1. The minimum absolute atomic E-state index is 0. The van der Waals surface area contributed by atoms with E-state index in [9.17, 15) is 13.2 Å². The van der Waals surface area contributed by atoms with Crippen LogP contribution in [0.2, 0.25) is 0 Å². The van der Waals surface area contributed by atoms with Crippen LogP contribution in [0.4, 0.5) is 11.4 Å². The number of rotatable bonds is 5. The molecule has 1 unspecified atom stereocenters. The van der Waals surface area contributed by atoms with Crippen LogP contribution in [0.3, 0.4) is 0 Å². The standard InChI is InChI=1S/C18H21N3O5S.ClH/c1-12(19)18(22)20-13-3-5-14(6-4-13)21-27(23,24)15-7-8-16-17(11-15)26-10-2-9-25-16;/h3-8,11-12,21H,2,9-10,19H2,1H3,(H,20,22);1H. The van der Waals surface area contributed by atoms with E-state index < -0.39 is 16.1 Å². The molecule has 1 aliphatic heterocycles. The molecule has 10 heteroatoms. The fourth-order valence-corrected chi connectivity index (χ4v) is 3.48. The van der Waals surface area contributed by atoms with Gasteiger partial charge in [-0.2, -0.15) is 0 Å². The number of carbonyl (C=O) groups excluding carboxylic acids is 1. The Morgan fingerprint density at radius 2 is 1.64 bits per heavy atom. The highest BCUT2D eigenvalue weighted by Crippen LogP contribution is 2.32. The molecule has 0 radical (unpaired) electrons. The second-order valence-electron chi connectivity index (χ2n) is 6.12. The van der Waals surface area contributed by atoms with Crippen LogP contribution >= 0.6 is 12.4 Å². The van der Waals surface area contributed by atoms with Gasteiger partial charge in [0.1, 0.15) is 0 Å². The van der Waals surface area contributed by atoms with Crippen molar-refractivity contribution in [1.29, 1.82) is 0 Å².